The van der Waals surface area contributed by atoms with E-state index in [-0.39, 0.29) is 47.0 Å². The van der Waals surface area contributed by atoms with Gasteiger partial charge in [0.15, 0.2) is 18.9 Å². The number of hydrogen-bond donors (Lipinski definition) is 0. The number of aryl methyl sites for hydroxylation is 1. The highest BCUT2D eigenvalue weighted by atomic mass is 32.2. The molecule has 2 fully saturated rings. The summed E-state index contributed by atoms with van der Waals surface area (Å²) in [6.45, 7) is 5.29. The van der Waals surface area contributed by atoms with Gasteiger partial charge in [0, 0.05) is 32.4 Å². The van der Waals surface area contributed by atoms with E-state index in [1.807, 2.05) is 13.1 Å². The Morgan fingerprint density at radius 1 is 0.957 bits per heavy atom. The lowest BCUT2D eigenvalue weighted by Gasteiger charge is -2.40. The highest BCUT2D eigenvalue weighted by molar-refractivity contribution is 7.92. The SMILES string of the molecule is COC1(C(=O)N2CCC(c3ccc(C(F)(C(F)(F)F)C(F)(F)F)cc3)(S(=O)(=O)c3ccc(F)c(C)c3)C2)CCC(CO[SiH](C)C)CC1. The van der Waals surface area contributed by atoms with Crippen LogP contribution in [0.3, 0.4) is 0 Å². The second-order valence-corrected chi connectivity index (χ2v) is 17.3. The topological polar surface area (TPSA) is 72.9 Å². The minimum atomic E-state index is -6.37. The number of sulfone groups is 1. The van der Waals surface area contributed by atoms with Gasteiger partial charge < -0.3 is 14.1 Å². The Labute approximate surface area is 270 Å². The van der Waals surface area contributed by atoms with E-state index in [1.165, 1.54) is 18.9 Å². The van der Waals surface area contributed by atoms with E-state index in [1.54, 1.807) is 0 Å². The summed E-state index contributed by atoms with van der Waals surface area (Å²) in [5, 5.41) is 0. The molecule has 0 bridgehead atoms. The molecular weight excluding hydrogens is 678 g/mol. The zero-order valence-corrected chi connectivity index (χ0v) is 28.2. The van der Waals surface area contributed by atoms with Crippen LogP contribution >= 0.6 is 0 Å². The number of alkyl halides is 7. The maximum Gasteiger partial charge on any atom is 0.435 e. The molecule has 262 valence electrons. The van der Waals surface area contributed by atoms with Crippen LogP contribution < -0.4 is 0 Å². The Morgan fingerprint density at radius 3 is 2.02 bits per heavy atom. The second kappa shape index (κ2) is 13.0. The number of amides is 1. The van der Waals surface area contributed by atoms with E-state index in [4.69, 9.17) is 9.16 Å². The summed E-state index contributed by atoms with van der Waals surface area (Å²) in [4.78, 5) is 15.0. The first-order chi connectivity index (χ1) is 21.6. The molecule has 1 unspecified atom stereocenters. The highest BCUT2D eigenvalue weighted by Crippen LogP contribution is 2.54. The number of methoxy groups -OCH3 is 1. The smallest absolute Gasteiger partial charge is 0.420 e. The Morgan fingerprint density at radius 2 is 1.53 bits per heavy atom. The predicted octanol–water partition coefficient (Wildman–Crippen LogP) is 6.90. The number of rotatable bonds is 9. The van der Waals surface area contributed by atoms with Crippen molar-refractivity contribution in [3.05, 3.63) is 65.0 Å². The minimum absolute atomic E-state index is 0.0284. The first-order valence-electron chi connectivity index (χ1n) is 15.1. The maximum atomic E-state index is 14.8. The first-order valence-corrected chi connectivity index (χ1v) is 19.3. The van der Waals surface area contributed by atoms with Crippen LogP contribution in [-0.2, 0) is 34.2 Å². The third-order valence-corrected chi connectivity index (χ3v) is 12.8. The number of benzene rings is 2. The molecule has 6 nitrogen and oxygen atoms in total. The molecule has 1 saturated heterocycles. The molecule has 1 amide bonds. The molecule has 0 spiro atoms. The average Bonchev–Trinajstić information content (AvgIpc) is 3.47. The predicted molar refractivity (Wildman–Crippen MR) is 159 cm³/mol. The summed E-state index contributed by atoms with van der Waals surface area (Å²) in [5.41, 5.74) is -9.07. The summed E-state index contributed by atoms with van der Waals surface area (Å²) in [5.74, 6) is -1.00. The van der Waals surface area contributed by atoms with Crippen LogP contribution in [-0.4, -0.2) is 73.0 Å². The Kier molecular flexibility index (Phi) is 10.3. The monoisotopic (exact) mass is 715 g/mol. The van der Waals surface area contributed by atoms with Crippen LogP contribution in [0.2, 0.25) is 13.1 Å². The van der Waals surface area contributed by atoms with Crippen molar-refractivity contribution in [2.24, 2.45) is 5.92 Å². The molecule has 0 N–H and O–H groups in total. The van der Waals surface area contributed by atoms with Crippen molar-refractivity contribution in [3.63, 3.8) is 0 Å². The molecule has 4 rings (SSSR count). The van der Waals surface area contributed by atoms with Crippen molar-refractivity contribution >= 4 is 24.8 Å². The van der Waals surface area contributed by atoms with Crippen molar-refractivity contribution in [2.45, 2.75) is 85.4 Å². The molecule has 2 aliphatic rings. The molecule has 2 aromatic rings. The third kappa shape index (κ3) is 6.58. The van der Waals surface area contributed by atoms with Crippen LogP contribution in [0.15, 0.2) is 47.4 Å². The first kappa shape index (κ1) is 37.3. The molecule has 1 atom stereocenters. The van der Waals surface area contributed by atoms with Gasteiger partial charge in [-0.05, 0) is 87.4 Å². The van der Waals surface area contributed by atoms with Gasteiger partial charge in [-0.2, -0.15) is 26.3 Å². The number of nitrogens with zero attached hydrogens (tertiary/aromatic N) is 1. The van der Waals surface area contributed by atoms with E-state index < -0.39 is 71.1 Å². The van der Waals surface area contributed by atoms with Crippen molar-refractivity contribution in [1.82, 2.24) is 4.90 Å². The lowest BCUT2D eigenvalue weighted by Crippen LogP contribution is -2.53. The quantitative estimate of drug-likeness (QED) is 0.161. The van der Waals surface area contributed by atoms with Gasteiger partial charge in [0.25, 0.3) is 5.91 Å². The van der Waals surface area contributed by atoms with Crippen molar-refractivity contribution < 1.29 is 57.5 Å². The van der Waals surface area contributed by atoms with E-state index in [0.29, 0.717) is 44.4 Å². The molecule has 0 aromatic heterocycles. The molecule has 1 heterocycles. The summed E-state index contributed by atoms with van der Waals surface area (Å²) in [7, 11) is -4.48. The zero-order chi connectivity index (χ0) is 35.2. The number of halogens is 8. The van der Waals surface area contributed by atoms with Gasteiger partial charge in [0.05, 0.1) is 4.90 Å². The van der Waals surface area contributed by atoms with Crippen molar-refractivity contribution in [3.8, 4) is 0 Å². The normalized spacial score (nSPS) is 24.6. The number of ether oxygens (including phenoxy) is 1. The Balaban J connectivity index is 1.75. The fourth-order valence-corrected chi connectivity index (χ4v) is 9.32. The van der Waals surface area contributed by atoms with E-state index in [0.717, 1.165) is 18.2 Å². The zero-order valence-electron chi connectivity index (χ0n) is 26.3. The fraction of sp³-hybridized carbons (Fsp3) is 0.581. The fourth-order valence-electron chi connectivity index (χ4n) is 6.50. The molecule has 2 aromatic carbocycles. The molecule has 0 radical (unpaired) electrons. The van der Waals surface area contributed by atoms with E-state index in [2.05, 4.69) is 0 Å². The van der Waals surface area contributed by atoms with Gasteiger partial charge >= 0.3 is 18.0 Å². The van der Waals surface area contributed by atoms with Gasteiger partial charge in [0.2, 0.25) is 0 Å². The van der Waals surface area contributed by atoms with Gasteiger partial charge in [-0.15, -0.1) is 0 Å². The van der Waals surface area contributed by atoms with Crippen molar-refractivity contribution in [1.29, 1.82) is 0 Å². The van der Waals surface area contributed by atoms with Gasteiger partial charge in [0.1, 0.15) is 16.2 Å². The van der Waals surface area contributed by atoms with Gasteiger partial charge in [-0.25, -0.2) is 17.2 Å². The molecule has 1 aliphatic carbocycles. The Bertz CT molecular complexity index is 1540. The molecule has 1 aliphatic heterocycles. The number of carbonyl (C=O) groups excluding carboxylic acids is 1. The van der Waals surface area contributed by atoms with Crippen LogP contribution in [0.5, 0.6) is 0 Å². The lowest BCUT2D eigenvalue weighted by molar-refractivity contribution is -0.348. The van der Waals surface area contributed by atoms with Gasteiger partial charge in [-0.3, -0.25) is 4.79 Å². The molecule has 1 saturated carbocycles. The number of likely N-dealkylation sites (tertiary alicyclic amines) is 1. The highest BCUT2D eigenvalue weighted by Gasteiger charge is 2.73. The number of carbonyl (C=O) groups is 1. The summed E-state index contributed by atoms with van der Waals surface area (Å²) >= 11 is 0. The standard InChI is InChI=1S/C31H37F8NO5SSi/c1-20-17-24(9-10-25(20)32)46(42,43)28(22-5-7-23(8-6-22)29(33,30(34,35)36)31(37,38)39)15-16-40(19-28)26(41)27(44-2)13-11-21(12-14-27)18-45-47(3)4/h5-10,17,21,47H,11-16,18-19H2,1-4H3. The molecular formula is C31H37F8NO5SSi. The van der Waals surface area contributed by atoms with Crippen LogP contribution in [0.4, 0.5) is 35.1 Å². The summed E-state index contributed by atoms with van der Waals surface area (Å²) in [6, 6.07) is 4.91. The molecule has 47 heavy (non-hydrogen) atoms. The van der Waals surface area contributed by atoms with E-state index >= 15 is 0 Å². The van der Waals surface area contributed by atoms with E-state index in [9.17, 15) is 48.3 Å². The van der Waals surface area contributed by atoms with Crippen LogP contribution in [0, 0.1) is 18.7 Å². The minimum Gasteiger partial charge on any atom is -0.420 e. The van der Waals surface area contributed by atoms with Crippen LogP contribution in [0.25, 0.3) is 0 Å². The summed E-state index contributed by atoms with van der Waals surface area (Å²) < 4.78 is 148. The largest absolute Gasteiger partial charge is 0.435 e. The number of hydrogen-bond acceptors (Lipinski definition) is 5. The van der Waals surface area contributed by atoms with Crippen molar-refractivity contribution in [2.75, 3.05) is 26.8 Å². The lowest BCUT2D eigenvalue weighted by atomic mass is 9.78. The molecule has 16 heteroatoms. The maximum absolute atomic E-state index is 14.8. The third-order valence-electron chi connectivity index (χ3n) is 9.42. The van der Waals surface area contributed by atoms with Crippen LogP contribution in [0.1, 0.15) is 48.8 Å². The summed E-state index contributed by atoms with van der Waals surface area (Å²) in [6.07, 6.45) is -11.2. The Hall–Kier alpha value is -2.56. The second-order valence-electron chi connectivity index (χ2n) is 12.6. The van der Waals surface area contributed by atoms with Gasteiger partial charge in [-0.1, -0.05) is 24.3 Å². The average molecular weight is 716 g/mol.